The standard InChI is InChI=1S/C25H30N2O6S/c1-30-18-4-6-19(7-5-18)32-16-20-15-27(25(29)33-20)17-10-12-26(13-11-17)24(28)22-9-8-21(34-3)14-23(22)31-2/h4-9,14,17,20H,10-13,15-16H2,1-3H3. The van der Waals surface area contributed by atoms with Crippen LogP contribution in [0.15, 0.2) is 47.4 Å². The second-order valence-corrected chi connectivity index (χ2v) is 9.11. The molecule has 2 aliphatic heterocycles. The summed E-state index contributed by atoms with van der Waals surface area (Å²) < 4.78 is 21.9. The molecule has 0 aliphatic carbocycles. The molecule has 0 spiro atoms. The van der Waals surface area contributed by atoms with Crippen LogP contribution in [0, 0.1) is 0 Å². The van der Waals surface area contributed by atoms with Crippen LogP contribution in [0.25, 0.3) is 0 Å². The van der Waals surface area contributed by atoms with E-state index < -0.39 is 0 Å². The molecule has 8 nitrogen and oxygen atoms in total. The van der Waals surface area contributed by atoms with Gasteiger partial charge in [0.2, 0.25) is 0 Å². The predicted molar refractivity (Wildman–Crippen MR) is 129 cm³/mol. The molecule has 2 amide bonds. The minimum atomic E-state index is -0.325. The molecule has 182 valence electrons. The first kappa shape index (κ1) is 24.1. The third kappa shape index (κ3) is 5.35. The summed E-state index contributed by atoms with van der Waals surface area (Å²) in [5, 5.41) is 0. The van der Waals surface area contributed by atoms with Crippen LogP contribution in [0.5, 0.6) is 17.2 Å². The summed E-state index contributed by atoms with van der Waals surface area (Å²) in [6.07, 6.45) is 2.76. The summed E-state index contributed by atoms with van der Waals surface area (Å²) in [6.45, 7) is 1.93. The average Bonchev–Trinajstić information content (AvgIpc) is 3.27. The highest BCUT2D eigenvalue weighted by atomic mass is 32.2. The van der Waals surface area contributed by atoms with Crippen LogP contribution in [0.2, 0.25) is 0 Å². The normalized spacial score (nSPS) is 18.6. The SMILES string of the molecule is COc1ccc(OCC2CN(C3CCN(C(=O)c4ccc(SC)cc4OC)CC3)C(=O)O2)cc1. The molecular weight excluding hydrogens is 456 g/mol. The molecule has 0 aromatic heterocycles. The zero-order valence-electron chi connectivity index (χ0n) is 19.7. The maximum atomic E-state index is 13.1. The van der Waals surface area contributed by atoms with Gasteiger partial charge in [0.1, 0.15) is 23.9 Å². The molecule has 2 heterocycles. The largest absolute Gasteiger partial charge is 0.497 e. The summed E-state index contributed by atoms with van der Waals surface area (Å²) >= 11 is 1.60. The summed E-state index contributed by atoms with van der Waals surface area (Å²) in [5.74, 6) is 1.99. The number of rotatable bonds is 8. The minimum Gasteiger partial charge on any atom is -0.497 e. The molecule has 0 N–H and O–H groups in total. The Hall–Kier alpha value is -3.07. The number of piperidine rings is 1. The highest BCUT2D eigenvalue weighted by Crippen LogP contribution is 2.29. The lowest BCUT2D eigenvalue weighted by Crippen LogP contribution is -2.47. The molecule has 9 heteroatoms. The summed E-state index contributed by atoms with van der Waals surface area (Å²) in [4.78, 5) is 30.2. The molecule has 1 atom stereocenters. The number of hydrogen-bond acceptors (Lipinski definition) is 7. The monoisotopic (exact) mass is 486 g/mol. The van der Waals surface area contributed by atoms with E-state index in [4.69, 9.17) is 18.9 Å². The maximum Gasteiger partial charge on any atom is 0.410 e. The number of nitrogens with zero attached hydrogens (tertiary/aromatic N) is 2. The number of carbonyl (C=O) groups is 2. The Morgan fingerprint density at radius 2 is 1.76 bits per heavy atom. The van der Waals surface area contributed by atoms with Gasteiger partial charge in [-0.3, -0.25) is 4.79 Å². The van der Waals surface area contributed by atoms with Gasteiger partial charge in [-0.2, -0.15) is 0 Å². The molecule has 1 unspecified atom stereocenters. The summed E-state index contributed by atoms with van der Waals surface area (Å²) in [7, 11) is 3.19. The van der Waals surface area contributed by atoms with Crippen molar-refractivity contribution in [3.8, 4) is 17.2 Å². The second kappa shape index (κ2) is 10.9. The van der Waals surface area contributed by atoms with Crippen molar-refractivity contribution in [3.63, 3.8) is 0 Å². The zero-order chi connectivity index (χ0) is 24.1. The van der Waals surface area contributed by atoms with Gasteiger partial charge < -0.3 is 28.7 Å². The molecule has 4 rings (SSSR count). The van der Waals surface area contributed by atoms with Crippen molar-refractivity contribution in [3.05, 3.63) is 48.0 Å². The Balaban J connectivity index is 1.29. The smallest absolute Gasteiger partial charge is 0.410 e. The zero-order valence-corrected chi connectivity index (χ0v) is 20.5. The number of carbonyl (C=O) groups excluding carboxylic acids is 2. The van der Waals surface area contributed by atoms with Crippen LogP contribution in [-0.2, 0) is 4.74 Å². The third-order valence-electron chi connectivity index (χ3n) is 6.23. The van der Waals surface area contributed by atoms with Gasteiger partial charge in [-0.1, -0.05) is 0 Å². The van der Waals surface area contributed by atoms with Crippen LogP contribution in [-0.4, -0.2) is 80.7 Å². The predicted octanol–water partition coefficient (Wildman–Crippen LogP) is 3.93. The number of ether oxygens (including phenoxy) is 4. The molecule has 2 aromatic carbocycles. The van der Waals surface area contributed by atoms with Crippen LogP contribution >= 0.6 is 11.8 Å². The fourth-order valence-electron chi connectivity index (χ4n) is 4.31. The lowest BCUT2D eigenvalue weighted by atomic mass is 10.0. The van der Waals surface area contributed by atoms with E-state index in [1.165, 1.54) is 0 Å². The van der Waals surface area contributed by atoms with E-state index >= 15 is 0 Å². The van der Waals surface area contributed by atoms with E-state index in [0.29, 0.717) is 49.5 Å². The average molecular weight is 487 g/mol. The van der Waals surface area contributed by atoms with Crippen molar-refractivity contribution >= 4 is 23.8 Å². The topological polar surface area (TPSA) is 77.5 Å². The molecule has 2 saturated heterocycles. The number of amides is 2. The van der Waals surface area contributed by atoms with E-state index in [2.05, 4.69) is 0 Å². The lowest BCUT2D eigenvalue weighted by molar-refractivity contribution is 0.0655. The van der Waals surface area contributed by atoms with E-state index in [0.717, 1.165) is 10.6 Å². The summed E-state index contributed by atoms with van der Waals surface area (Å²) in [6, 6.07) is 13.0. The third-order valence-corrected chi connectivity index (χ3v) is 6.95. The first-order valence-corrected chi connectivity index (χ1v) is 12.5. The Morgan fingerprint density at radius 3 is 2.41 bits per heavy atom. The van der Waals surface area contributed by atoms with Gasteiger partial charge >= 0.3 is 6.09 Å². The van der Waals surface area contributed by atoms with Crippen molar-refractivity contribution in [2.45, 2.75) is 29.9 Å². The van der Waals surface area contributed by atoms with E-state index in [9.17, 15) is 9.59 Å². The number of benzene rings is 2. The molecule has 2 aliphatic rings. The Kier molecular flexibility index (Phi) is 7.72. The second-order valence-electron chi connectivity index (χ2n) is 8.23. The highest BCUT2D eigenvalue weighted by Gasteiger charge is 2.38. The van der Waals surface area contributed by atoms with Crippen molar-refractivity contribution in [2.24, 2.45) is 0 Å². The van der Waals surface area contributed by atoms with Gasteiger partial charge in [-0.25, -0.2) is 4.79 Å². The quantitative estimate of drug-likeness (QED) is 0.523. The molecule has 0 bridgehead atoms. The van der Waals surface area contributed by atoms with Gasteiger partial charge in [0.25, 0.3) is 5.91 Å². The number of likely N-dealkylation sites (tertiary alicyclic amines) is 1. The Bertz CT molecular complexity index is 1010. The van der Waals surface area contributed by atoms with Crippen LogP contribution in [0.4, 0.5) is 4.79 Å². The highest BCUT2D eigenvalue weighted by molar-refractivity contribution is 7.98. The maximum absolute atomic E-state index is 13.1. The molecule has 0 saturated carbocycles. The van der Waals surface area contributed by atoms with E-state index in [1.807, 2.05) is 53.6 Å². The van der Waals surface area contributed by atoms with Crippen LogP contribution < -0.4 is 14.2 Å². The number of thioether (sulfide) groups is 1. The van der Waals surface area contributed by atoms with Gasteiger partial charge in [-0.05, 0) is 61.6 Å². The number of hydrogen-bond donors (Lipinski definition) is 0. The fraction of sp³-hybridized carbons (Fsp3) is 0.440. The Morgan fingerprint density at radius 1 is 1.06 bits per heavy atom. The van der Waals surface area contributed by atoms with Gasteiger partial charge in [0, 0.05) is 24.0 Å². The lowest BCUT2D eigenvalue weighted by Gasteiger charge is -2.35. The Labute approximate surface area is 204 Å². The van der Waals surface area contributed by atoms with Crippen molar-refractivity contribution in [1.29, 1.82) is 0 Å². The van der Waals surface area contributed by atoms with Crippen LogP contribution in [0.1, 0.15) is 23.2 Å². The van der Waals surface area contributed by atoms with Crippen molar-refractivity contribution in [2.75, 3.05) is 46.7 Å². The van der Waals surface area contributed by atoms with Crippen LogP contribution in [0.3, 0.4) is 0 Å². The minimum absolute atomic E-state index is 0.0438. The molecular formula is C25H30N2O6S. The molecule has 34 heavy (non-hydrogen) atoms. The fourth-order valence-corrected chi connectivity index (χ4v) is 4.74. The van der Waals surface area contributed by atoms with Gasteiger partial charge in [0.15, 0.2) is 6.10 Å². The van der Waals surface area contributed by atoms with Gasteiger partial charge in [-0.15, -0.1) is 11.8 Å². The van der Waals surface area contributed by atoms with E-state index in [1.54, 1.807) is 30.9 Å². The summed E-state index contributed by atoms with van der Waals surface area (Å²) in [5.41, 5.74) is 0.565. The first-order valence-electron chi connectivity index (χ1n) is 11.3. The number of cyclic esters (lactones) is 1. The van der Waals surface area contributed by atoms with Crippen molar-refractivity contribution < 1.29 is 28.5 Å². The molecule has 0 radical (unpaired) electrons. The van der Waals surface area contributed by atoms with Crippen molar-refractivity contribution in [1.82, 2.24) is 9.80 Å². The molecule has 2 fully saturated rings. The number of methoxy groups -OCH3 is 2. The van der Waals surface area contributed by atoms with Gasteiger partial charge in [0.05, 0.1) is 26.3 Å². The van der Waals surface area contributed by atoms with E-state index in [-0.39, 0.29) is 30.8 Å². The first-order chi connectivity index (χ1) is 16.5. The molecule has 2 aromatic rings.